The Hall–Kier alpha value is -3.32. The molecule has 28 heavy (non-hydrogen) atoms. The maximum Gasteiger partial charge on any atom is 0.343 e. The molecule has 2 aromatic carbocycles. The van der Waals surface area contributed by atoms with Gasteiger partial charge in [0.2, 0.25) is 0 Å². The largest absolute Gasteiger partial charge is 0.508 e. The number of benzene rings is 2. The number of rotatable bonds is 2. The molecule has 0 spiro atoms. The lowest BCUT2D eigenvalue weighted by Gasteiger charge is -2.30. The summed E-state index contributed by atoms with van der Waals surface area (Å²) in [6.45, 7) is 0. The summed E-state index contributed by atoms with van der Waals surface area (Å²) in [6.07, 6.45) is 1.51. The number of hydrazine groups is 1. The van der Waals surface area contributed by atoms with E-state index in [1.54, 1.807) is 16.7 Å². The Balaban J connectivity index is 1.78. The maximum absolute atomic E-state index is 12.1. The van der Waals surface area contributed by atoms with Gasteiger partial charge in [0.15, 0.2) is 6.04 Å². The molecule has 0 radical (unpaired) electrons. The molecule has 9 nitrogen and oxygen atoms in total. The summed E-state index contributed by atoms with van der Waals surface area (Å²) < 4.78 is 1.65. The Bertz CT molecular complexity index is 1160. The van der Waals surface area contributed by atoms with E-state index in [0.29, 0.717) is 16.7 Å². The summed E-state index contributed by atoms with van der Waals surface area (Å²) in [7, 11) is 0. The normalized spacial score (nSPS) is 16.9. The number of imide groups is 1. The van der Waals surface area contributed by atoms with Crippen LogP contribution in [0.25, 0.3) is 16.7 Å². The Morgan fingerprint density at radius 2 is 1.89 bits per heavy atom. The van der Waals surface area contributed by atoms with Crippen molar-refractivity contribution in [3.63, 3.8) is 0 Å². The third kappa shape index (κ3) is 2.90. The van der Waals surface area contributed by atoms with Crippen LogP contribution in [0.5, 0.6) is 5.75 Å². The third-order valence-corrected chi connectivity index (χ3v) is 4.69. The van der Waals surface area contributed by atoms with Gasteiger partial charge < -0.3 is 5.11 Å². The van der Waals surface area contributed by atoms with Crippen molar-refractivity contribution in [3.05, 3.63) is 46.7 Å². The summed E-state index contributed by atoms with van der Waals surface area (Å²) in [6, 6.07) is 7.36. The van der Waals surface area contributed by atoms with Crippen molar-refractivity contribution in [1.29, 1.82) is 5.26 Å². The van der Waals surface area contributed by atoms with Crippen LogP contribution in [-0.4, -0.2) is 32.6 Å². The molecule has 1 atom stereocenters. The topological polar surface area (TPSA) is 123 Å². The van der Waals surface area contributed by atoms with E-state index in [4.69, 9.17) is 28.5 Å². The van der Waals surface area contributed by atoms with Gasteiger partial charge >= 0.3 is 6.03 Å². The first kappa shape index (κ1) is 18.1. The quantitative estimate of drug-likeness (QED) is 0.589. The molecule has 140 valence electrons. The Morgan fingerprint density at radius 1 is 1.18 bits per heavy atom. The number of nitriles is 1. The minimum absolute atomic E-state index is 0.0778. The first-order valence-corrected chi connectivity index (χ1v) is 8.61. The number of nitrogens with one attached hydrogen (secondary N) is 2. The molecular formula is C17H10Cl2N6O3. The van der Waals surface area contributed by atoms with Gasteiger partial charge in [0.1, 0.15) is 12.1 Å². The predicted molar refractivity (Wildman–Crippen MR) is 101 cm³/mol. The van der Waals surface area contributed by atoms with Gasteiger partial charge in [0.25, 0.3) is 5.91 Å². The number of hydrogen-bond donors (Lipinski definition) is 3. The average Bonchev–Trinajstić information content (AvgIpc) is 3.04. The molecular weight excluding hydrogens is 407 g/mol. The highest BCUT2D eigenvalue weighted by molar-refractivity contribution is 6.38. The predicted octanol–water partition coefficient (Wildman–Crippen LogP) is 2.49. The van der Waals surface area contributed by atoms with Crippen LogP contribution in [0.4, 0.5) is 10.5 Å². The van der Waals surface area contributed by atoms with Crippen molar-refractivity contribution < 1.29 is 14.7 Å². The number of amides is 3. The number of aromatic hydroxyl groups is 1. The number of anilines is 1. The molecule has 1 unspecified atom stereocenters. The van der Waals surface area contributed by atoms with E-state index < -0.39 is 18.0 Å². The molecule has 0 aliphatic carbocycles. The number of halogens is 2. The van der Waals surface area contributed by atoms with E-state index in [2.05, 4.69) is 15.7 Å². The zero-order valence-electron chi connectivity index (χ0n) is 13.8. The average molecular weight is 417 g/mol. The van der Waals surface area contributed by atoms with E-state index in [9.17, 15) is 14.7 Å². The highest BCUT2D eigenvalue weighted by Gasteiger charge is 2.33. The molecule has 1 fully saturated rings. The lowest BCUT2D eigenvalue weighted by atomic mass is 10.2. The standard InChI is InChI=1S/C17H10Cl2N6O3/c18-10-3-8(25-17(28)22-16(27)13(6-20)23-25)4-11(19)15(10)24-7-21-12-5-9(26)1-2-14(12)24/h1-5,7,13,23,26H,(H,22,27,28). The minimum atomic E-state index is -1.24. The third-order valence-electron chi connectivity index (χ3n) is 4.11. The van der Waals surface area contributed by atoms with Gasteiger partial charge in [-0.1, -0.05) is 23.2 Å². The summed E-state index contributed by atoms with van der Waals surface area (Å²) in [4.78, 5) is 27.9. The van der Waals surface area contributed by atoms with Crippen LogP contribution in [0.1, 0.15) is 0 Å². The molecule has 3 aromatic rings. The SMILES string of the molecule is N#CC1NN(c2cc(Cl)c(-n3cnc4cc(O)ccc43)c(Cl)c2)C(=O)NC1=O. The molecule has 0 bridgehead atoms. The highest BCUT2D eigenvalue weighted by Crippen LogP contribution is 2.35. The van der Waals surface area contributed by atoms with Crippen molar-refractivity contribution in [2.24, 2.45) is 0 Å². The molecule has 1 aliphatic heterocycles. The van der Waals surface area contributed by atoms with Gasteiger partial charge in [-0.2, -0.15) is 10.7 Å². The fraction of sp³-hybridized carbons (Fsp3) is 0.0588. The van der Waals surface area contributed by atoms with Crippen molar-refractivity contribution in [2.45, 2.75) is 6.04 Å². The van der Waals surface area contributed by atoms with Crippen LogP contribution in [0, 0.1) is 11.3 Å². The number of hydrogen-bond acceptors (Lipinski definition) is 6. The van der Waals surface area contributed by atoms with Gasteiger partial charge in [-0.15, -0.1) is 0 Å². The number of carbonyl (C=O) groups is 2. The van der Waals surface area contributed by atoms with E-state index in [0.717, 1.165) is 5.01 Å². The van der Waals surface area contributed by atoms with Crippen LogP contribution in [0.3, 0.4) is 0 Å². The summed E-state index contributed by atoms with van der Waals surface area (Å²) >= 11 is 12.8. The van der Waals surface area contributed by atoms with Crippen LogP contribution in [0.2, 0.25) is 10.0 Å². The Kier molecular flexibility index (Phi) is 4.31. The molecule has 0 saturated carbocycles. The van der Waals surface area contributed by atoms with Crippen molar-refractivity contribution in [1.82, 2.24) is 20.3 Å². The van der Waals surface area contributed by atoms with E-state index >= 15 is 0 Å². The number of fused-ring (bicyclic) bond motifs is 1. The molecule has 3 N–H and O–H groups in total. The number of aromatic nitrogens is 2. The fourth-order valence-electron chi connectivity index (χ4n) is 2.85. The second-order valence-corrected chi connectivity index (χ2v) is 6.68. The zero-order valence-corrected chi connectivity index (χ0v) is 15.4. The van der Waals surface area contributed by atoms with Crippen molar-refractivity contribution in [3.8, 4) is 17.5 Å². The summed E-state index contributed by atoms with van der Waals surface area (Å²) in [5.74, 6) is -0.667. The molecule has 1 aromatic heterocycles. The van der Waals surface area contributed by atoms with Crippen LogP contribution in [-0.2, 0) is 4.79 Å². The highest BCUT2D eigenvalue weighted by atomic mass is 35.5. The van der Waals surface area contributed by atoms with Crippen molar-refractivity contribution >= 4 is 51.9 Å². The van der Waals surface area contributed by atoms with Crippen LogP contribution >= 0.6 is 23.2 Å². The number of phenols is 1. The monoisotopic (exact) mass is 416 g/mol. The number of urea groups is 1. The first-order valence-electron chi connectivity index (χ1n) is 7.85. The lowest BCUT2D eigenvalue weighted by Crippen LogP contribution is -2.64. The molecule has 3 amide bonds. The molecule has 2 heterocycles. The van der Waals surface area contributed by atoms with Crippen LogP contribution in [0.15, 0.2) is 36.7 Å². The zero-order chi connectivity index (χ0) is 20.0. The number of carbonyl (C=O) groups excluding carboxylic acids is 2. The maximum atomic E-state index is 12.1. The lowest BCUT2D eigenvalue weighted by molar-refractivity contribution is -0.121. The van der Waals surface area contributed by atoms with Crippen molar-refractivity contribution in [2.75, 3.05) is 5.01 Å². The second kappa shape index (κ2) is 6.69. The number of phenolic OH excluding ortho intramolecular Hbond substituents is 1. The van der Waals surface area contributed by atoms with Crippen LogP contribution < -0.4 is 15.8 Å². The van der Waals surface area contributed by atoms with Gasteiger partial charge in [-0.05, 0) is 24.3 Å². The molecule has 11 heteroatoms. The van der Waals surface area contributed by atoms with Gasteiger partial charge in [-0.25, -0.2) is 14.8 Å². The van der Waals surface area contributed by atoms with E-state index in [1.807, 2.05) is 0 Å². The Labute approximate surface area is 167 Å². The van der Waals surface area contributed by atoms with Gasteiger partial charge in [0, 0.05) is 6.07 Å². The summed E-state index contributed by atoms with van der Waals surface area (Å²) in [5, 5.41) is 22.1. The number of imidazole rings is 1. The molecule has 4 rings (SSSR count). The summed E-state index contributed by atoms with van der Waals surface area (Å²) in [5.41, 5.74) is 4.38. The van der Waals surface area contributed by atoms with Gasteiger partial charge in [0.05, 0.1) is 38.5 Å². The Morgan fingerprint density at radius 3 is 2.57 bits per heavy atom. The molecule has 1 aliphatic rings. The fourth-order valence-corrected chi connectivity index (χ4v) is 3.51. The second-order valence-electron chi connectivity index (χ2n) is 5.87. The first-order chi connectivity index (χ1) is 13.4. The molecule has 1 saturated heterocycles. The minimum Gasteiger partial charge on any atom is -0.508 e. The van der Waals surface area contributed by atoms with E-state index in [1.165, 1.54) is 30.6 Å². The van der Waals surface area contributed by atoms with E-state index in [-0.39, 0.29) is 21.5 Å². The smallest absolute Gasteiger partial charge is 0.343 e. The van der Waals surface area contributed by atoms with Gasteiger partial charge in [-0.3, -0.25) is 14.7 Å². The number of nitrogens with zero attached hydrogens (tertiary/aromatic N) is 4.